The van der Waals surface area contributed by atoms with Crippen LogP contribution in [0.2, 0.25) is 0 Å². The third-order valence-corrected chi connectivity index (χ3v) is 12.4. The molecule has 0 aromatic rings. The largest absolute Gasteiger partial charge is 0.385 e. The molecule has 12 heavy (non-hydrogen) atoms. The Balaban J connectivity index is 2.73. The van der Waals surface area contributed by atoms with Crippen LogP contribution < -0.4 is 0 Å². The monoisotopic (exact) mass is 260 g/mol. The maximum atomic E-state index is 5.27. The van der Waals surface area contributed by atoms with Gasteiger partial charge in [-0.2, -0.15) is 0 Å². The minimum absolute atomic E-state index is 0.0107. The second-order valence-electron chi connectivity index (χ2n) is 1.98. The van der Waals surface area contributed by atoms with Crippen molar-refractivity contribution in [2.24, 2.45) is 0 Å². The van der Waals surface area contributed by atoms with Crippen molar-refractivity contribution in [2.45, 2.75) is 20.3 Å². The van der Waals surface area contributed by atoms with Crippen molar-refractivity contribution in [1.82, 2.24) is 0 Å². The fourth-order valence-corrected chi connectivity index (χ4v) is 12.7. The van der Waals surface area contributed by atoms with E-state index in [1.165, 1.54) is 12.2 Å². The van der Waals surface area contributed by atoms with Crippen molar-refractivity contribution in [3.8, 4) is 0 Å². The molecule has 0 aliphatic carbocycles. The Kier molecular flexibility index (Phi) is 14.2. The molecule has 1 nitrogen and oxygen atoms in total. The quantitative estimate of drug-likeness (QED) is 0.357. The van der Waals surface area contributed by atoms with E-state index in [-0.39, 0.29) is 8.67 Å². The Morgan fingerprint density at radius 1 is 1.25 bits per heavy atom. The zero-order chi connectivity index (χ0) is 9.07. The normalized spacial score (nSPS) is 11.5. The van der Waals surface area contributed by atoms with E-state index < -0.39 is 0 Å². The predicted octanol–water partition coefficient (Wildman–Crippen LogP) is 3.15. The zero-order valence-electron chi connectivity index (χ0n) is 7.58. The van der Waals surface area contributed by atoms with Crippen molar-refractivity contribution in [3.05, 3.63) is 0 Å². The summed E-state index contributed by atoms with van der Waals surface area (Å²) in [6, 6.07) is 0. The summed E-state index contributed by atoms with van der Waals surface area (Å²) in [6.07, 6.45) is 2.30. The summed E-state index contributed by atoms with van der Waals surface area (Å²) >= 11 is 0. The Hall–Kier alpha value is 1.58. The summed E-state index contributed by atoms with van der Waals surface area (Å²) < 4.78 is 5.27. The molecule has 0 aromatic carbocycles. The summed E-state index contributed by atoms with van der Waals surface area (Å²) in [7, 11) is 7.80. The number of hydrogen-bond acceptors (Lipinski definition) is 5. The highest BCUT2D eigenvalue weighted by Crippen LogP contribution is 2.42. The molecule has 0 aromatic heterocycles. The molecule has 0 amide bonds. The van der Waals surface area contributed by atoms with Gasteiger partial charge < -0.3 is 4.74 Å². The average Bonchev–Trinajstić information content (AvgIpc) is 2.10. The molecule has 0 heterocycles. The van der Waals surface area contributed by atoms with E-state index in [2.05, 4.69) is 13.8 Å². The van der Waals surface area contributed by atoms with Gasteiger partial charge in [-0.15, -0.1) is 10.2 Å². The van der Waals surface area contributed by atoms with Gasteiger partial charge in [0, 0.05) is 18.6 Å². The lowest BCUT2D eigenvalue weighted by Gasteiger charge is -1.99. The van der Waals surface area contributed by atoms with Crippen LogP contribution in [-0.2, 0) is 4.74 Å². The van der Waals surface area contributed by atoms with Crippen molar-refractivity contribution in [2.75, 3.05) is 18.6 Å². The molecule has 0 saturated heterocycles. The molecule has 0 fully saturated rings. The van der Waals surface area contributed by atoms with Gasteiger partial charge in [0.05, 0.1) is 0 Å². The number of hydrogen-bond donors (Lipinski definition) is 0. The van der Waals surface area contributed by atoms with Gasteiger partial charge in [0.15, 0.2) is 0 Å². The molecule has 0 rings (SSSR count). The summed E-state index contributed by atoms with van der Waals surface area (Å²) in [6.45, 7) is 5.14. The van der Waals surface area contributed by atoms with Crippen LogP contribution in [0.1, 0.15) is 20.3 Å². The summed E-state index contributed by atoms with van der Waals surface area (Å²) in [5, 5.41) is 0. The minimum Gasteiger partial charge on any atom is -0.385 e. The van der Waals surface area contributed by atoms with E-state index in [4.69, 9.17) is 4.74 Å². The van der Waals surface area contributed by atoms with Gasteiger partial charge in [0.1, 0.15) is 8.67 Å². The lowest BCUT2D eigenvalue weighted by Crippen LogP contribution is -1.97. The van der Waals surface area contributed by atoms with E-state index in [0.717, 1.165) is 12.8 Å². The lowest BCUT2D eigenvalue weighted by atomic mass is 10.6. The summed E-state index contributed by atoms with van der Waals surface area (Å²) in [5.74, 6) is 1.27. The molecule has 0 aliphatic heterocycles. The van der Waals surface area contributed by atoms with Crippen molar-refractivity contribution >= 4 is 49.4 Å². The van der Waals surface area contributed by atoms with Crippen LogP contribution >= 0.6 is 40.7 Å². The third-order valence-electron chi connectivity index (χ3n) is 0.927. The molecule has 0 aliphatic rings. The van der Waals surface area contributed by atoms with Gasteiger partial charge >= 0.3 is 0 Å². The second-order valence-corrected chi connectivity index (χ2v) is 12.0. The molecule has 0 saturated carbocycles. The number of rotatable bonds is 9. The van der Waals surface area contributed by atoms with Crippen LogP contribution in [0.25, 0.3) is 0 Å². The first-order chi connectivity index (χ1) is 5.91. The van der Waals surface area contributed by atoms with E-state index in [1.54, 1.807) is 0 Å². The van der Waals surface area contributed by atoms with Gasteiger partial charge in [-0.3, -0.25) is 0 Å². The first-order valence-electron chi connectivity index (χ1n) is 4.07. The van der Waals surface area contributed by atoms with Gasteiger partial charge in [0.25, 0.3) is 0 Å². The molecule has 0 atom stereocenters. The smallest absolute Gasteiger partial charge is 0.129 e. The SMILES string of the molecule is CCCSSSS[SiH2]COCC. The van der Waals surface area contributed by atoms with Crippen LogP contribution in [0.4, 0.5) is 0 Å². The zero-order valence-corrected chi connectivity index (χ0v) is 12.3. The third kappa shape index (κ3) is 11.6. The highest BCUT2D eigenvalue weighted by molar-refractivity contribution is 9.28. The summed E-state index contributed by atoms with van der Waals surface area (Å²) in [5.41, 5.74) is 0. The molecule has 0 unspecified atom stereocenters. The standard InChI is InChI=1S/C6H16OS4Si/c1-3-5-8-9-10-11-12-6-7-4-2/h3-6,12H2,1-2H3. The summed E-state index contributed by atoms with van der Waals surface area (Å²) in [4.78, 5) is 0. The van der Waals surface area contributed by atoms with E-state index in [0.29, 0.717) is 0 Å². The van der Waals surface area contributed by atoms with Crippen LogP contribution in [0.5, 0.6) is 0 Å². The highest BCUT2D eigenvalue weighted by atomic mass is 33.7. The van der Waals surface area contributed by atoms with Gasteiger partial charge in [-0.05, 0) is 33.0 Å². The van der Waals surface area contributed by atoms with E-state index >= 15 is 0 Å². The van der Waals surface area contributed by atoms with Gasteiger partial charge in [0.2, 0.25) is 0 Å². The Morgan fingerprint density at radius 3 is 2.75 bits per heavy atom. The van der Waals surface area contributed by atoms with Gasteiger partial charge in [-0.25, -0.2) is 0 Å². The molecule has 74 valence electrons. The van der Waals surface area contributed by atoms with Crippen LogP contribution in [0.3, 0.4) is 0 Å². The van der Waals surface area contributed by atoms with E-state index in [1.807, 2.05) is 40.7 Å². The lowest BCUT2D eigenvalue weighted by molar-refractivity contribution is 0.194. The molecule has 0 spiro atoms. The second kappa shape index (κ2) is 12.6. The fraction of sp³-hybridized carbons (Fsp3) is 1.00. The first-order valence-corrected chi connectivity index (χ1v) is 12.0. The molecule has 0 N–H and O–H groups in total. The molecule has 0 bridgehead atoms. The number of ether oxygens (including phenoxy) is 1. The maximum absolute atomic E-state index is 5.27. The van der Waals surface area contributed by atoms with Crippen LogP contribution in [-0.4, -0.2) is 27.3 Å². The predicted molar refractivity (Wildman–Crippen MR) is 70.6 cm³/mol. The Morgan fingerprint density at radius 2 is 2.08 bits per heavy atom. The van der Waals surface area contributed by atoms with Crippen molar-refractivity contribution < 1.29 is 4.74 Å². The van der Waals surface area contributed by atoms with Crippen molar-refractivity contribution in [3.63, 3.8) is 0 Å². The van der Waals surface area contributed by atoms with E-state index in [9.17, 15) is 0 Å². The van der Waals surface area contributed by atoms with Crippen LogP contribution in [0.15, 0.2) is 0 Å². The highest BCUT2D eigenvalue weighted by Gasteiger charge is 1.92. The average molecular weight is 261 g/mol. The fourth-order valence-electron chi connectivity index (χ4n) is 0.428. The molecular formula is C6H16OS4Si. The maximum Gasteiger partial charge on any atom is 0.129 e. The Bertz CT molecular complexity index is 75.9. The van der Waals surface area contributed by atoms with Gasteiger partial charge in [-0.1, -0.05) is 17.7 Å². The molecule has 6 heteroatoms. The topological polar surface area (TPSA) is 9.23 Å². The van der Waals surface area contributed by atoms with Crippen LogP contribution in [0, 0.1) is 0 Å². The minimum atomic E-state index is -0.0107. The molecule has 0 radical (unpaired) electrons. The van der Waals surface area contributed by atoms with Crippen molar-refractivity contribution in [1.29, 1.82) is 0 Å². The molecular weight excluding hydrogens is 244 g/mol. The Labute approximate surface area is 92.6 Å². The first kappa shape index (κ1) is 13.6.